The molecule has 0 bridgehead atoms. The van der Waals surface area contributed by atoms with Gasteiger partial charge in [-0.1, -0.05) is 0 Å². The van der Waals surface area contributed by atoms with Gasteiger partial charge in [-0.05, 0) is 0 Å². The highest BCUT2D eigenvalue weighted by Gasteiger charge is 2.24. The highest BCUT2D eigenvalue weighted by Crippen LogP contribution is 2.10. The summed E-state index contributed by atoms with van der Waals surface area (Å²) in [6, 6.07) is 0. The van der Waals surface area contributed by atoms with Gasteiger partial charge in [0.15, 0.2) is 5.03 Å². The number of H-pyrrole nitrogens is 1. The van der Waals surface area contributed by atoms with Crippen molar-refractivity contribution in [2.24, 2.45) is 0 Å². The normalized spacial score (nSPS) is 12.2. The number of aromatic amines is 1. The quantitative estimate of drug-likeness (QED) is 0.549. The van der Waals surface area contributed by atoms with E-state index < -0.39 is 10.0 Å². The Morgan fingerprint density at radius 3 is 2.33 bits per heavy atom. The van der Waals surface area contributed by atoms with Gasteiger partial charge in [0.25, 0.3) is 10.0 Å². The standard InChI is InChI=1S/C7H13N3O4S/c11-3-1-10(2-4-12)15(13,14)7-5-8-6-9-7/h5-6,11-12H,1-4H2,(H,8,9). The van der Waals surface area contributed by atoms with Crippen LogP contribution in [0.15, 0.2) is 17.6 Å². The van der Waals surface area contributed by atoms with Gasteiger partial charge in [-0.25, -0.2) is 13.4 Å². The monoisotopic (exact) mass is 235 g/mol. The summed E-state index contributed by atoms with van der Waals surface area (Å²) in [6.45, 7) is -0.704. The largest absolute Gasteiger partial charge is 0.395 e. The Morgan fingerprint density at radius 1 is 1.33 bits per heavy atom. The fourth-order valence-corrected chi connectivity index (χ4v) is 2.42. The fourth-order valence-electron chi connectivity index (χ4n) is 1.10. The van der Waals surface area contributed by atoms with Crippen LogP contribution in [-0.4, -0.2) is 59.2 Å². The Balaban J connectivity index is 2.91. The third-order valence-electron chi connectivity index (χ3n) is 1.79. The molecule has 0 spiro atoms. The molecular weight excluding hydrogens is 222 g/mol. The molecule has 0 amide bonds. The summed E-state index contributed by atoms with van der Waals surface area (Å²) in [4.78, 5) is 6.08. The van der Waals surface area contributed by atoms with Gasteiger partial charge in [0, 0.05) is 13.1 Å². The minimum absolute atomic E-state index is 0.0515. The van der Waals surface area contributed by atoms with Gasteiger partial charge < -0.3 is 15.2 Å². The summed E-state index contributed by atoms with van der Waals surface area (Å²) < 4.78 is 24.6. The Kier molecular flexibility index (Phi) is 4.21. The van der Waals surface area contributed by atoms with E-state index in [0.717, 1.165) is 4.31 Å². The first-order valence-corrected chi connectivity index (χ1v) is 5.77. The van der Waals surface area contributed by atoms with E-state index in [9.17, 15) is 8.42 Å². The van der Waals surface area contributed by atoms with Crippen molar-refractivity contribution < 1.29 is 18.6 Å². The van der Waals surface area contributed by atoms with Crippen molar-refractivity contribution in [2.45, 2.75) is 5.03 Å². The summed E-state index contributed by atoms with van der Waals surface area (Å²) in [6.07, 6.45) is 2.43. The number of rotatable bonds is 6. The number of nitrogens with one attached hydrogen (secondary N) is 1. The molecule has 0 saturated heterocycles. The zero-order valence-electron chi connectivity index (χ0n) is 8.00. The Bertz CT molecular complexity index is 369. The molecule has 7 nitrogen and oxygen atoms in total. The average molecular weight is 235 g/mol. The molecule has 86 valence electrons. The fraction of sp³-hybridized carbons (Fsp3) is 0.571. The van der Waals surface area contributed by atoms with Crippen molar-refractivity contribution >= 4 is 10.0 Å². The molecule has 15 heavy (non-hydrogen) atoms. The van der Waals surface area contributed by atoms with Crippen molar-refractivity contribution in [1.82, 2.24) is 14.3 Å². The minimum Gasteiger partial charge on any atom is -0.395 e. The number of hydrogen-bond acceptors (Lipinski definition) is 5. The van der Waals surface area contributed by atoms with Crippen LogP contribution in [0.1, 0.15) is 0 Å². The molecule has 0 atom stereocenters. The average Bonchev–Trinajstić information content (AvgIpc) is 2.70. The minimum atomic E-state index is -3.69. The van der Waals surface area contributed by atoms with Crippen molar-refractivity contribution in [3.8, 4) is 0 Å². The second-order valence-corrected chi connectivity index (χ2v) is 4.67. The zero-order valence-corrected chi connectivity index (χ0v) is 8.81. The Hall–Kier alpha value is -0.960. The molecule has 0 aliphatic rings. The second-order valence-electron chi connectivity index (χ2n) is 2.77. The smallest absolute Gasteiger partial charge is 0.260 e. The summed E-state index contributed by atoms with van der Waals surface area (Å²) in [5.41, 5.74) is 0. The Labute approximate surface area is 87.4 Å². The lowest BCUT2D eigenvalue weighted by atomic mass is 10.6. The molecule has 8 heteroatoms. The van der Waals surface area contributed by atoms with E-state index in [1.165, 1.54) is 12.5 Å². The van der Waals surface area contributed by atoms with Crippen molar-refractivity contribution in [3.63, 3.8) is 0 Å². The molecule has 0 saturated carbocycles. The summed E-state index contributed by atoms with van der Waals surface area (Å²) in [5, 5.41) is 17.4. The number of sulfonamides is 1. The van der Waals surface area contributed by atoms with Crippen LogP contribution >= 0.6 is 0 Å². The van der Waals surface area contributed by atoms with Gasteiger partial charge in [-0.3, -0.25) is 0 Å². The lowest BCUT2D eigenvalue weighted by Crippen LogP contribution is -2.36. The second kappa shape index (κ2) is 5.21. The maximum atomic E-state index is 11.8. The van der Waals surface area contributed by atoms with Crippen LogP contribution in [0.5, 0.6) is 0 Å². The molecule has 0 radical (unpaired) electrons. The van der Waals surface area contributed by atoms with Gasteiger partial charge in [-0.2, -0.15) is 4.31 Å². The van der Waals surface area contributed by atoms with Crippen LogP contribution in [0.4, 0.5) is 0 Å². The molecule has 0 fully saturated rings. The summed E-state index contributed by atoms with van der Waals surface area (Å²) in [7, 11) is -3.69. The summed E-state index contributed by atoms with van der Waals surface area (Å²) >= 11 is 0. The van der Waals surface area contributed by atoms with Crippen LogP contribution in [0.2, 0.25) is 0 Å². The molecule has 0 aromatic carbocycles. The number of nitrogens with zero attached hydrogens (tertiary/aromatic N) is 2. The van der Waals surface area contributed by atoms with Gasteiger partial charge in [-0.15, -0.1) is 0 Å². The molecule has 0 aliphatic carbocycles. The highest BCUT2D eigenvalue weighted by atomic mass is 32.2. The zero-order chi connectivity index (χ0) is 11.3. The van der Waals surface area contributed by atoms with E-state index in [0.29, 0.717) is 0 Å². The molecule has 1 aromatic rings. The highest BCUT2D eigenvalue weighted by molar-refractivity contribution is 7.89. The van der Waals surface area contributed by atoms with E-state index in [2.05, 4.69) is 9.97 Å². The van der Waals surface area contributed by atoms with Crippen LogP contribution in [0.3, 0.4) is 0 Å². The number of hydrogen-bond donors (Lipinski definition) is 3. The molecule has 1 aromatic heterocycles. The van der Waals surface area contributed by atoms with E-state index in [1.807, 2.05) is 0 Å². The van der Waals surface area contributed by atoms with Crippen molar-refractivity contribution in [2.75, 3.05) is 26.3 Å². The number of aliphatic hydroxyl groups is 2. The van der Waals surface area contributed by atoms with E-state index in [1.54, 1.807) is 0 Å². The predicted molar refractivity (Wildman–Crippen MR) is 51.5 cm³/mol. The number of aromatic nitrogens is 2. The van der Waals surface area contributed by atoms with Crippen LogP contribution in [-0.2, 0) is 10.0 Å². The molecule has 0 unspecified atom stereocenters. The van der Waals surface area contributed by atoms with Gasteiger partial charge in [0.1, 0.15) is 0 Å². The maximum absolute atomic E-state index is 11.8. The first-order valence-electron chi connectivity index (χ1n) is 4.33. The molecule has 1 heterocycles. The maximum Gasteiger partial charge on any atom is 0.260 e. The van der Waals surface area contributed by atoms with Gasteiger partial charge >= 0.3 is 0 Å². The van der Waals surface area contributed by atoms with Crippen LogP contribution in [0, 0.1) is 0 Å². The van der Waals surface area contributed by atoms with Crippen molar-refractivity contribution in [3.05, 3.63) is 12.5 Å². The predicted octanol–water partition coefficient (Wildman–Crippen LogP) is -1.61. The lowest BCUT2D eigenvalue weighted by Gasteiger charge is -2.18. The van der Waals surface area contributed by atoms with Gasteiger partial charge in [0.2, 0.25) is 0 Å². The van der Waals surface area contributed by atoms with E-state index >= 15 is 0 Å². The molecule has 3 N–H and O–H groups in total. The third kappa shape index (κ3) is 2.75. The first kappa shape index (κ1) is 12.1. The Morgan fingerprint density at radius 2 is 1.93 bits per heavy atom. The van der Waals surface area contributed by atoms with Crippen molar-refractivity contribution in [1.29, 1.82) is 0 Å². The SMILES string of the molecule is O=S(=O)(c1cnc[nH]1)N(CCO)CCO. The third-order valence-corrected chi connectivity index (χ3v) is 3.61. The topological polar surface area (TPSA) is 107 Å². The van der Waals surface area contributed by atoms with Crippen LogP contribution in [0.25, 0.3) is 0 Å². The lowest BCUT2D eigenvalue weighted by molar-refractivity contribution is 0.217. The van der Waals surface area contributed by atoms with E-state index in [-0.39, 0.29) is 31.3 Å². The first-order chi connectivity index (χ1) is 7.12. The van der Waals surface area contributed by atoms with Crippen LogP contribution < -0.4 is 0 Å². The molecule has 1 rings (SSSR count). The van der Waals surface area contributed by atoms with Gasteiger partial charge in [0.05, 0.1) is 25.7 Å². The molecular formula is C7H13N3O4S. The number of aliphatic hydroxyl groups excluding tert-OH is 2. The molecule has 0 aliphatic heterocycles. The summed E-state index contributed by atoms with van der Waals surface area (Å²) in [5.74, 6) is 0. The number of imidazole rings is 1. The van der Waals surface area contributed by atoms with E-state index in [4.69, 9.17) is 10.2 Å².